The minimum Gasteiger partial charge on any atom is -0.481 e. The molecule has 108 valence electrons. The molecule has 0 bridgehead atoms. The van der Waals surface area contributed by atoms with Crippen LogP contribution in [0, 0.1) is 5.92 Å². The van der Waals surface area contributed by atoms with Crippen molar-refractivity contribution in [3.05, 3.63) is 33.3 Å². The zero-order chi connectivity index (χ0) is 14.9. The summed E-state index contributed by atoms with van der Waals surface area (Å²) < 4.78 is 0.800. The van der Waals surface area contributed by atoms with Gasteiger partial charge in [-0.05, 0) is 38.0 Å². The molecule has 0 aliphatic carbocycles. The summed E-state index contributed by atoms with van der Waals surface area (Å²) in [6.07, 6.45) is 1.30. The molecule has 0 spiro atoms. The van der Waals surface area contributed by atoms with E-state index in [-0.39, 0.29) is 11.9 Å². The first-order valence-corrected chi connectivity index (χ1v) is 7.57. The zero-order valence-electron chi connectivity index (χ0n) is 11.0. The van der Waals surface area contributed by atoms with Crippen molar-refractivity contribution in [1.29, 1.82) is 0 Å². The van der Waals surface area contributed by atoms with Crippen molar-refractivity contribution in [1.82, 2.24) is 4.90 Å². The molecule has 0 radical (unpaired) electrons. The molecule has 1 N–H and O–H groups in total. The molecule has 20 heavy (non-hydrogen) atoms. The Morgan fingerprint density at radius 3 is 2.75 bits per heavy atom. The van der Waals surface area contributed by atoms with Crippen molar-refractivity contribution in [2.75, 3.05) is 6.54 Å². The molecule has 1 aliphatic rings. The Morgan fingerprint density at radius 1 is 1.45 bits per heavy atom. The van der Waals surface area contributed by atoms with E-state index in [4.69, 9.17) is 11.6 Å². The largest absolute Gasteiger partial charge is 0.481 e. The quantitative estimate of drug-likeness (QED) is 0.879. The number of rotatable bonds is 2. The van der Waals surface area contributed by atoms with Crippen LogP contribution in [0.1, 0.15) is 30.1 Å². The summed E-state index contributed by atoms with van der Waals surface area (Å²) in [7, 11) is 0. The number of carboxylic acids is 1. The summed E-state index contributed by atoms with van der Waals surface area (Å²) in [5.74, 6) is -1.57. The highest BCUT2D eigenvalue weighted by atomic mass is 79.9. The van der Waals surface area contributed by atoms with Gasteiger partial charge in [0, 0.05) is 17.1 Å². The van der Waals surface area contributed by atoms with Crippen LogP contribution in [0.3, 0.4) is 0 Å². The average molecular weight is 361 g/mol. The number of carboxylic acid groups (broad SMARTS) is 1. The van der Waals surface area contributed by atoms with E-state index in [1.54, 1.807) is 30.0 Å². The Labute approximate surface area is 130 Å². The fourth-order valence-electron chi connectivity index (χ4n) is 2.58. The third kappa shape index (κ3) is 2.99. The van der Waals surface area contributed by atoms with Gasteiger partial charge in [0.25, 0.3) is 5.91 Å². The van der Waals surface area contributed by atoms with Gasteiger partial charge in [-0.3, -0.25) is 9.59 Å². The molecule has 4 nitrogen and oxygen atoms in total. The number of carbonyl (C=O) groups excluding carboxylic acids is 1. The molecular weight excluding hydrogens is 346 g/mol. The minimum absolute atomic E-state index is 0.207. The van der Waals surface area contributed by atoms with E-state index >= 15 is 0 Å². The number of amides is 1. The summed E-state index contributed by atoms with van der Waals surface area (Å²) in [6, 6.07) is 4.75. The number of piperidine rings is 1. The minimum atomic E-state index is -0.850. The molecule has 2 atom stereocenters. The highest BCUT2D eigenvalue weighted by molar-refractivity contribution is 9.10. The van der Waals surface area contributed by atoms with Crippen LogP contribution in [0.4, 0.5) is 0 Å². The number of aliphatic carboxylic acids is 1. The lowest BCUT2D eigenvalue weighted by atomic mass is 9.90. The maximum absolute atomic E-state index is 12.5. The van der Waals surface area contributed by atoms with Crippen molar-refractivity contribution >= 4 is 39.4 Å². The molecule has 1 saturated heterocycles. The van der Waals surface area contributed by atoms with Gasteiger partial charge in [0.05, 0.1) is 16.5 Å². The molecule has 1 aromatic carbocycles. The Morgan fingerprint density at radius 2 is 2.15 bits per heavy atom. The summed E-state index contributed by atoms with van der Waals surface area (Å²) >= 11 is 9.39. The molecule has 0 aromatic heterocycles. The number of nitrogens with zero attached hydrogens (tertiary/aromatic N) is 1. The predicted molar refractivity (Wildman–Crippen MR) is 80.0 cm³/mol. The number of likely N-dealkylation sites (tertiary alicyclic amines) is 1. The zero-order valence-corrected chi connectivity index (χ0v) is 13.3. The van der Waals surface area contributed by atoms with Crippen LogP contribution in [0.25, 0.3) is 0 Å². The van der Waals surface area contributed by atoms with E-state index in [1.165, 1.54) is 0 Å². The highest BCUT2D eigenvalue weighted by Crippen LogP contribution is 2.28. The van der Waals surface area contributed by atoms with Gasteiger partial charge in [-0.1, -0.05) is 27.5 Å². The fourth-order valence-corrected chi connectivity index (χ4v) is 3.33. The van der Waals surface area contributed by atoms with Crippen molar-refractivity contribution in [3.63, 3.8) is 0 Å². The topological polar surface area (TPSA) is 57.6 Å². The van der Waals surface area contributed by atoms with E-state index in [1.807, 2.05) is 0 Å². The van der Waals surface area contributed by atoms with Crippen molar-refractivity contribution in [2.24, 2.45) is 5.92 Å². The second-order valence-electron chi connectivity index (χ2n) is 4.95. The van der Waals surface area contributed by atoms with Gasteiger partial charge in [-0.2, -0.15) is 0 Å². The molecule has 0 unspecified atom stereocenters. The molecule has 1 aliphatic heterocycles. The van der Waals surface area contributed by atoms with Gasteiger partial charge in [-0.15, -0.1) is 0 Å². The van der Waals surface area contributed by atoms with Gasteiger partial charge in [0.15, 0.2) is 0 Å². The number of halogens is 2. The number of hydrogen-bond acceptors (Lipinski definition) is 2. The smallest absolute Gasteiger partial charge is 0.308 e. The molecule has 1 aromatic rings. The maximum atomic E-state index is 12.5. The second-order valence-corrected chi connectivity index (χ2v) is 6.27. The molecule has 2 rings (SSSR count). The SMILES string of the molecule is C[C@@H]1[C@H](C(=O)O)CCCN1C(=O)c1ccc(Br)cc1Cl. The van der Waals surface area contributed by atoms with Crippen LogP contribution in [-0.4, -0.2) is 34.5 Å². The Balaban J connectivity index is 2.26. The third-order valence-electron chi connectivity index (χ3n) is 3.73. The number of hydrogen-bond donors (Lipinski definition) is 1. The van der Waals surface area contributed by atoms with Crippen LogP contribution in [0.15, 0.2) is 22.7 Å². The van der Waals surface area contributed by atoms with Crippen LogP contribution in [0.2, 0.25) is 5.02 Å². The number of carbonyl (C=O) groups is 2. The first-order chi connectivity index (χ1) is 9.41. The third-order valence-corrected chi connectivity index (χ3v) is 4.53. The van der Waals surface area contributed by atoms with Crippen molar-refractivity contribution < 1.29 is 14.7 Å². The predicted octanol–water partition coefficient (Wildman–Crippen LogP) is 3.43. The van der Waals surface area contributed by atoms with Crippen LogP contribution in [0.5, 0.6) is 0 Å². The fraction of sp³-hybridized carbons (Fsp3) is 0.429. The molecule has 6 heteroatoms. The van der Waals surface area contributed by atoms with Gasteiger partial charge < -0.3 is 10.0 Å². The monoisotopic (exact) mass is 359 g/mol. The lowest BCUT2D eigenvalue weighted by Gasteiger charge is -2.37. The van der Waals surface area contributed by atoms with E-state index < -0.39 is 11.9 Å². The molecule has 1 fully saturated rings. The van der Waals surface area contributed by atoms with E-state index in [0.29, 0.717) is 30.0 Å². The Bertz CT molecular complexity index is 549. The molecule has 1 heterocycles. The highest BCUT2D eigenvalue weighted by Gasteiger charge is 2.36. The number of benzene rings is 1. The first-order valence-electron chi connectivity index (χ1n) is 6.40. The van der Waals surface area contributed by atoms with Gasteiger partial charge in [0.1, 0.15) is 0 Å². The van der Waals surface area contributed by atoms with Crippen molar-refractivity contribution in [3.8, 4) is 0 Å². The summed E-state index contributed by atoms with van der Waals surface area (Å²) in [4.78, 5) is 25.4. The van der Waals surface area contributed by atoms with Crippen LogP contribution >= 0.6 is 27.5 Å². The van der Waals surface area contributed by atoms with Gasteiger partial charge in [0.2, 0.25) is 0 Å². The first kappa shape index (κ1) is 15.3. The summed E-state index contributed by atoms with van der Waals surface area (Å²) in [5, 5.41) is 9.57. The Kier molecular flexibility index (Phi) is 4.70. The van der Waals surface area contributed by atoms with Gasteiger partial charge in [-0.25, -0.2) is 0 Å². The Hall–Kier alpha value is -1.07. The molecule has 1 amide bonds. The van der Waals surface area contributed by atoms with Crippen LogP contribution in [-0.2, 0) is 4.79 Å². The van der Waals surface area contributed by atoms with Gasteiger partial charge >= 0.3 is 5.97 Å². The standard InChI is InChI=1S/C14H15BrClNO3/c1-8-10(14(19)20)3-2-6-17(8)13(18)11-5-4-9(15)7-12(11)16/h4-5,7-8,10H,2-3,6H2,1H3,(H,19,20)/t8-,10-/m1/s1. The molecular formula is C14H15BrClNO3. The lowest BCUT2D eigenvalue weighted by Crippen LogP contribution is -2.49. The van der Waals surface area contributed by atoms with E-state index in [2.05, 4.69) is 15.9 Å². The van der Waals surface area contributed by atoms with E-state index in [9.17, 15) is 14.7 Å². The maximum Gasteiger partial charge on any atom is 0.308 e. The second kappa shape index (κ2) is 6.14. The lowest BCUT2D eigenvalue weighted by molar-refractivity contribution is -0.144. The average Bonchev–Trinajstić information content (AvgIpc) is 2.38. The molecule has 0 saturated carbocycles. The van der Waals surface area contributed by atoms with Crippen LogP contribution < -0.4 is 0 Å². The van der Waals surface area contributed by atoms with E-state index in [0.717, 1.165) is 4.47 Å². The van der Waals surface area contributed by atoms with Crippen molar-refractivity contribution in [2.45, 2.75) is 25.8 Å². The summed E-state index contributed by atoms with van der Waals surface area (Å²) in [5.41, 5.74) is 0.410. The summed E-state index contributed by atoms with van der Waals surface area (Å²) in [6.45, 7) is 2.35. The normalized spacial score (nSPS) is 22.6.